The summed E-state index contributed by atoms with van der Waals surface area (Å²) in [4.78, 5) is 0. The largest absolute Gasteiger partial charge is 0.298 e. The molecule has 11 rings (SSSR count). The van der Waals surface area contributed by atoms with Gasteiger partial charge in [0, 0.05) is 27.9 Å². The van der Waals surface area contributed by atoms with Gasteiger partial charge in [0.1, 0.15) is 11.0 Å². The lowest BCUT2D eigenvalue weighted by molar-refractivity contribution is 0.170. The van der Waals surface area contributed by atoms with E-state index in [1.807, 2.05) is 0 Å². The second kappa shape index (κ2) is 15.2. The van der Waals surface area contributed by atoms with Gasteiger partial charge in [-0.15, -0.1) is 0 Å². The lowest BCUT2D eigenvalue weighted by atomic mass is 9.33. The molecule has 3 nitrogen and oxygen atoms in total. The first kappa shape index (κ1) is 41.8. The van der Waals surface area contributed by atoms with Crippen LogP contribution in [0.3, 0.4) is 0 Å². The summed E-state index contributed by atoms with van der Waals surface area (Å²) in [6, 6.07) is 40.2. The minimum Gasteiger partial charge on any atom is -0.298 e. The van der Waals surface area contributed by atoms with Gasteiger partial charge >= 0.3 is 0 Å². The molecule has 2 aliphatic heterocycles. The molecule has 0 radical (unpaired) electrons. The van der Waals surface area contributed by atoms with Gasteiger partial charge in [0.2, 0.25) is 13.4 Å². The van der Waals surface area contributed by atoms with E-state index in [0.29, 0.717) is 23.7 Å². The maximum Gasteiger partial charge on any atom is 0.241 e. The van der Waals surface area contributed by atoms with E-state index in [-0.39, 0.29) is 24.3 Å². The number of fused-ring (bicyclic) bond motifs is 2. The molecule has 6 aromatic rings. The molecule has 0 spiro atoms. The van der Waals surface area contributed by atoms with Crippen molar-refractivity contribution in [1.29, 1.82) is 0 Å². The number of nitrogens with zero attached hydrogens (tertiary/aromatic N) is 3. The van der Waals surface area contributed by atoms with Crippen LogP contribution in [0.2, 0.25) is 0 Å². The first-order chi connectivity index (χ1) is 30.1. The highest BCUT2D eigenvalue weighted by molar-refractivity contribution is 7.00. The summed E-state index contributed by atoms with van der Waals surface area (Å²) in [6.07, 6.45) is 4.72. The number of rotatable bonds is 8. The van der Waals surface area contributed by atoms with Gasteiger partial charge in [0.05, 0.1) is 11.4 Å². The highest BCUT2D eigenvalue weighted by Gasteiger charge is 2.52. The van der Waals surface area contributed by atoms with E-state index in [1.165, 1.54) is 120 Å². The molecule has 0 N–H and O–H groups in total. The first-order valence-corrected chi connectivity index (χ1v) is 24.2. The van der Waals surface area contributed by atoms with Gasteiger partial charge in [-0.25, -0.2) is 0 Å². The molecular formula is C58H67B2N3. The Balaban J connectivity index is 1.53. The monoisotopic (exact) mass is 828 g/mol. The molecule has 5 heteroatoms. The number of aromatic nitrogens is 3. The van der Waals surface area contributed by atoms with E-state index >= 15 is 0 Å². The lowest BCUT2D eigenvalue weighted by Crippen LogP contribution is -2.62. The molecule has 5 aromatic carbocycles. The first-order valence-electron chi connectivity index (χ1n) is 24.2. The summed E-state index contributed by atoms with van der Waals surface area (Å²) in [6.45, 7) is 29.1. The minimum atomic E-state index is -0.0106. The molecular weight excluding hydrogens is 760 g/mol. The lowest BCUT2D eigenvalue weighted by Gasteiger charge is -2.52. The average Bonchev–Trinajstić information content (AvgIpc) is 3.40. The molecule has 0 unspecified atom stereocenters. The Bertz CT molecular complexity index is 2710. The van der Waals surface area contributed by atoms with Crippen LogP contribution < -0.4 is 32.8 Å². The minimum absolute atomic E-state index is 0.0106. The van der Waals surface area contributed by atoms with Gasteiger partial charge in [-0.2, -0.15) is 0 Å². The highest BCUT2D eigenvalue weighted by Crippen LogP contribution is 2.56. The third kappa shape index (κ3) is 6.45. The number of aryl methyl sites for hydroxylation is 2. The van der Waals surface area contributed by atoms with E-state index in [2.05, 4.69) is 212 Å². The molecule has 1 fully saturated rings. The van der Waals surface area contributed by atoms with Crippen LogP contribution in [0.5, 0.6) is 0 Å². The van der Waals surface area contributed by atoms with Gasteiger partial charge in [-0.1, -0.05) is 182 Å². The molecule has 63 heavy (non-hydrogen) atoms. The summed E-state index contributed by atoms with van der Waals surface area (Å²) in [7, 11) is 0. The zero-order chi connectivity index (χ0) is 44.3. The maximum absolute atomic E-state index is 2.76. The molecule has 0 amide bonds. The second-order valence-electron chi connectivity index (χ2n) is 21.6. The van der Waals surface area contributed by atoms with Crippen molar-refractivity contribution in [3.8, 4) is 17.1 Å². The number of para-hydroxylation sites is 3. The molecule has 320 valence electrons. The van der Waals surface area contributed by atoms with Crippen molar-refractivity contribution in [1.82, 2.24) is 13.7 Å². The third-order valence-corrected chi connectivity index (χ3v) is 15.7. The van der Waals surface area contributed by atoms with Crippen LogP contribution in [0.25, 0.3) is 29.0 Å². The summed E-state index contributed by atoms with van der Waals surface area (Å²) >= 11 is 0. The van der Waals surface area contributed by atoms with Gasteiger partial charge in [-0.05, 0) is 121 Å². The molecule has 0 atom stereocenters. The van der Waals surface area contributed by atoms with Crippen molar-refractivity contribution in [3.05, 3.63) is 159 Å². The Kier molecular flexibility index (Phi) is 10.1. The van der Waals surface area contributed by atoms with Crippen LogP contribution in [-0.2, 0) is 10.8 Å². The Morgan fingerprint density at radius 3 is 1.10 bits per heavy atom. The standard InChI is InChI=1S/C58H67B2N3/c1-36(2)44-30-40(9)31-45(37(3)4)52(44)59-34-50-61(42-20-15-13-16-21-42)55-56(58(12)28-26-57(55,11)27-29-58)62(43-22-17-14-18-23-43)51-35-60(49-25-19-24-48(59)54(49)63(50)51)53-46(38(5)6)32-41(10)33-47(53)39(7)8/h13-25,30-39H,26-29H2,1-12H3. The Labute approximate surface area is 378 Å². The molecule has 3 aliphatic carbocycles. The van der Waals surface area contributed by atoms with Gasteiger partial charge in [0.25, 0.3) is 0 Å². The summed E-state index contributed by atoms with van der Waals surface area (Å²) < 4.78 is 8.26. The summed E-state index contributed by atoms with van der Waals surface area (Å²) in [5, 5.41) is 0. The maximum atomic E-state index is 2.76. The fourth-order valence-corrected chi connectivity index (χ4v) is 12.5. The number of hydrogen-bond acceptors (Lipinski definition) is 0. The Morgan fingerprint density at radius 1 is 0.444 bits per heavy atom. The predicted molar refractivity (Wildman–Crippen MR) is 272 cm³/mol. The van der Waals surface area contributed by atoms with Crippen molar-refractivity contribution >= 4 is 47.2 Å². The topological polar surface area (TPSA) is 14.8 Å². The summed E-state index contributed by atoms with van der Waals surface area (Å²) in [5.74, 6) is 6.91. The van der Waals surface area contributed by atoms with Crippen molar-refractivity contribution in [3.63, 3.8) is 0 Å². The van der Waals surface area contributed by atoms with Crippen molar-refractivity contribution in [2.45, 2.75) is 143 Å². The van der Waals surface area contributed by atoms with Crippen molar-refractivity contribution in [2.24, 2.45) is 0 Å². The van der Waals surface area contributed by atoms with Gasteiger partial charge < -0.3 is 0 Å². The SMILES string of the molecule is Cc1cc(C(C)C)c(B2C=c3n(-c4ccccc4)c4c(n(-c5ccccc5)c5n3-c3c2cccc3B(c2c(C(C)C)cc(C)cc2C(C)C)C=5)C2(C)CCC4(C)CC2)c(C(C)C)c1. The van der Waals surface area contributed by atoms with Crippen molar-refractivity contribution in [2.75, 3.05) is 0 Å². The van der Waals surface area contributed by atoms with Crippen LogP contribution in [0.15, 0.2) is 103 Å². The molecule has 1 aromatic heterocycles. The van der Waals surface area contributed by atoms with E-state index in [9.17, 15) is 0 Å². The molecule has 5 aliphatic rings. The van der Waals surface area contributed by atoms with Gasteiger partial charge in [0.15, 0.2) is 0 Å². The average molecular weight is 828 g/mol. The fourth-order valence-electron chi connectivity index (χ4n) is 12.5. The quantitative estimate of drug-likeness (QED) is 0.136. The number of hydrogen-bond donors (Lipinski definition) is 0. The van der Waals surface area contributed by atoms with E-state index in [1.54, 1.807) is 0 Å². The van der Waals surface area contributed by atoms with Crippen LogP contribution in [-0.4, -0.2) is 27.1 Å². The Morgan fingerprint density at radius 2 is 0.778 bits per heavy atom. The number of benzene rings is 5. The molecule has 1 saturated carbocycles. The predicted octanol–water partition coefficient (Wildman–Crippen LogP) is 10.3. The smallest absolute Gasteiger partial charge is 0.241 e. The van der Waals surface area contributed by atoms with E-state index in [4.69, 9.17) is 0 Å². The normalized spacial score (nSPS) is 19.4. The highest BCUT2D eigenvalue weighted by atomic mass is 15.2. The van der Waals surface area contributed by atoms with E-state index in [0.717, 1.165) is 0 Å². The zero-order valence-electron chi connectivity index (χ0n) is 40.1. The fraction of sp³-hybridized carbons (Fsp3) is 0.379. The zero-order valence-corrected chi connectivity index (χ0v) is 40.1. The molecule has 0 saturated heterocycles. The summed E-state index contributed by atoms with van der Waals surface area (Å²) in [5.41, 5.74) is 23.7. The van der Waals surface area contributed by atoms with Gasteiger partial charge in [-0.3, -0.25) is 13.7 Å². The van der Waals surface area contributed by atoms with E-state index < -0.39 is 0 Å². The third-order valence-electron chi connectivity index (χ3n) is 15.7. The van der Waals surface area contributed by atoms with Crippen LogP contribution in [0.4, 0.5) is 0 Å². The molecule has 3 heterocycles. The van der Waals surface area contributed by atoms with Crippen LogP contribution >= 0.6 is 0 Å². The van der Waals surface area contributed by atoms with Crippen LogP contribution in [0, 0.1) is 13.8 Å². The molecule has 2 bridgehead atoms. The van der Waals surface area contributed by atoms with Crippen LogP contribution in [0.1, 0.15) is 163 Å². The Hall–Kier alpha value is -5.15. The second-order valence-corrected chi connectivity index (χ2v) is 21.6. The van der Waals surface area contributed by atoms with Crippen molar-refractivity contribution < 1.29 is 0 Å².